The number of benzene rings is 2. The lowest BCUT2D eigenvalue weighted by molar-refractivity contribution is 0.102. The van der Waals surface area contributed by atoms with E-state index in [2.05, 4.69) is 5.32 Å². The first-order chi connectivity index (χ1) is 9.40. The molecule has 0 spiro atoms. The first-order valence-corrected chi connectivity index (χ1v) is 6.91. The molecule has 3 nitrogen and oxygen atoms in total. The van der Waals surface area contributed by atoms with Crippen molar-refractivity contribution in [3.63, 3.8) is 0 Å². The lowest BCUT2D eigenvalue weighted by atomic mass is 10.1. The Morgan fingerprint density at radius 2 is 1.60 bits per heavy atom. The average molecular weight is 350 g/mol. The van der Waals surface area contributed by atoms with Crippen molar-refractivity contribution < 1.29 is 4.79 Å². The number of hydrogen-bond donors (Lipinski definition) is 2. The smallest absolute Gasteiger partial charge is 0.259 e. The normalized spacial score (nSPS) is 10.4. The molecule has 0 aliphatic heterocycles. The fraction of sp³-hybridized carbons (Fsp3) is 0. The van der Waals surface area contributed by atoms with Gasteiger partial charge in [-0.25, -0.2) is 0 Å². The van der Waals surface area contributed by atoms with Gasteiger partial charge in [-0.15, -0.1) is 0 Å². The zero-order chi connectivity index (χ0) is 14.9. The second kappa shape index (κ2) is 6.10. The van der Waals surface area contributed by atoms with Crippen molar-refractivity contribution in [2.75, 3.05) is 11.1 Å². The number of rotatable bonds is 2. The van der Waals surface area contributed by atoms with Crippen LogP contribution < -0.4 is 11.1 Å². The molecule has 0 radical (unpaired) electrons. The Hall–Kier alpha value is -1.13. The van der Waals surface area contributed by atoms with Crippen LogP contribution in [0.25, 0.3) is 0 Å². The van der Waals surface area contributed by atoms with Gasteiger partial charge in [0.25, 0.3) is 5.91 Å². The van der Waals surface area contributed by atoms with Crippen LogP contribution in [0.2, 0.25) is 20.1 Å². The summed E-state index contributed by atoms with van der Waals surface area (Å²) in [6, 6.07) is 7.70. The minimum absolute atomic E-state index is 0.177. The Kier molecular flexibility index (Phi) is 4.66. The van der Waals surface area contributed by atoms with Crippen LogP contribution in [0, 0.1) is 0 Å². The maximum atomic E-state index is 12.2. The molecule has 1 amide bonds. The quantitative estimate of drug-likeness (QED) is 0.583. The van der Waals surface area contributed by atoms with E-state index in [-0.39, 0.29) is 26.3 Å². The third-order valence-electron chi connectivity index (χ3n) is 2.53. The molecule has 2 rings (SSSR count). The van der Waals surface area contributed by atoms with Gasteiger partial charge in [-0.3, -0.25) is 4.79 Å². The van der Waals surface area contributed by atoms with Crippen LogP contribution in [0.15, 0.2) is 30.3 Å². The van der Waals surface area contributed by atoms with E-state index in [0.29, 0.717) is 10.7 Å². The first kappa shape index (κ1) is 15.3. The molecule has 0 bridgehead atoms. The highest BCUT2D eigenvalue weighted by atomic mass is 35.5. The van der Waals surface area contributed by atoms with Gasteiger partial charge in [0.05, 0.1) is 31.3 Å². The van der Waals surface area contributed by atoms with Crippen LogP contribution in [-0.4, -0.2) is 5.91 Å². The van der Waals surface area contributed by atoms with E-state index in [1.165, 1.54) is 12.1 Å². The van der Waals surface area contributed by atoms with E-state index < -0.39 is 5.91 Å². The minimum atomic E-state index is -0.478. The van der Waals surface area contributed by atoms with Gasteiger partial charge in [-0.2, -0.15) is 0 Å². The van der Waals surface area contributed by atoms with Crippen LogP contribution in [0.1, 0.15) is 10.4 Å². The molecule has 0 aromatic heterocycles. The molecule has 104 valence electrons. The molecule has 0 saturated carbocycles. The Balaban J connectivity index is 2.35. The summed E-state index contributed by atoms with van der Waals surface area (Å²) >= 11 is 23.7. The fourth-order valence-electron chi connectivity index (χ4n) is 1.58. The summed E-state index contributed by atoms with van der Waals surface area (Å²) < 4.78 is 0. The van der Waals surface area contributed by atoms with Crippen LogP contribution in [0.5, 0.6) is 0 Å². The zero-order valence-electron chi connectivity index (χ0n) is 9.88. The van der Waals surface area contributed by atoms with Crippen LogP contribution in [0.4, 0.5) is 11.4 Å². The van der Waals surface area contributed by atoms with E-state index in [4.69, 9.17) is 52.1 Å². The maximum Gasteiger partial charge on any atom is 0.259 e. The molecule has 2 aromatic carbocycles. The Morgan fingerprint density at radius 1 is 0.950 bits per heavy atom. The highest BCUT2D eigenvalue weighted by Gasteiger charge is 2.16. The standard InChI is InChI=1S/C13H8Cl4N2O/c14-6-2-1-3-10(18)12(6)13(20)19-11-5-8(16)7(15)4-9(11)17/h1-5H,18H2,(H,19,20). The van der Waals surface area contributed by atoms with Crippen molar-refractivity contribution in [3.8, 4) is 0 Å². The molecule has 20 heavy (non-hydrogen) atoms. The molecular formula is C13H8Cl4N2O. The van der Waals surface area contributed by atoms with Gasteiger partial charge in [-0.05, 0) is 24.3 Å². The SMILES string of the molecule is Nc1cccc(Cl)c1C(=O)Nc1cc(Cl)c(Cl)cc1Cl. The van der Waals surface area contributed by atoms with Crippen molar-refractivity contribution in [2.45, 2.75) is 0 Å². The largest absolute Gasteiger partial charge is 0.398 e. The lowest BCUT2D eigenvalue weighted by Gasteiger charge is -2.11. The fourth-order valence-corrected chi connectivity index (χ4v) is 2.45. The molecule has 0 saturated heterocycles. The highest BCUT2D eigenvalue weighted by molar-refractivity contribution is 6.44. The Bertz CT molecular complexity index is 668. The van der Waals surface area contributed by atoms with Crippen molar-refractivity contribution in [2.24, 2.45) is 0 Å². The molecule has 0 fully saturated rings. The summed E-state index contributed by atoms with van der Waals surface area (Å²) in [4.78, 5) is 12.2. The van der Waals surface area contributed by atoms with E-state index in [0.717, 1.165) is 0 Å². The van der Waals surface area contributed by atoms with Gasteiger partial charge in [-0.1, -0.05) is 52.5 Å². The summed E-state index contributed by atoms with van der Waals surface area (Å²) in [7, 11) is 0. The zero-order valence-corrected chi connectivity index (χ0v) is 12.9. The monoisotopic (exact) mass is 348 g/mol. The van der Waals surface area contributed by atoms with Crippen molar-refractivity contribution in [1.29, 1.82) is 0 Å². The summed E-state index contributed by atoms with van der Waals surface area (Å²) in [5.74, 6) is -0.478. The molecule has 0 heterocycles. The molecule has 3 N–H and O–H groups in total. The number of nitrogens with one attached hydrogen (secondary N) is 1. The Morgan fingerprint density at radius 3 is 2.25 bits per heavy atom. The Labute approximate surface area is 135 Å². The molecule has 7 heteroatoms. The topological polar surface area (TPSA) is 55.1 Å². The van der Waals surface area contributed by atoms with Crippen LogP contribution in [-0.2, 0) is 0 Å². The number of carbonyl (C=O) groups excluding carboxylic acids is 1. The van der Waals surface area contributed by atoms with E-state index in [1.54, 1.807) is 18.2 Å². The second-order valence-electron chi connectivity index (χ2n) is 3.90. The summed E-state index contributed by atoms with van der Waals surface area (Å²) in [6.45, 7) is 0. The van der Waals surface area contributed by atoms with Crippen molar-refractivity contribution in [3.05, 3.63) is 56.0 Å². The predicted octanol–water partition coefficient (Wildman–Crippen LogP) is 5.13. The number of carbonyl (C=O) groups is 1. The third-order valence-corrected chi connectivity index (χ3v) is 3.88. The lowest BCUT2D eigenvalue weighted by Crippen LogP contribution is -2.15. The second-order valence-corrected chi connectivity index (χ2v) is 5.53. The van der Waals surface area contributed by atoms with Crippen molar-refractivity contribution >= 4 is 63.7 Å². The van der Waals surface area contributed by atoms with Crippen LogP contribution >= 0.6 is 46.4 Å². The van der Waals surface area contributed by atoms with Gasteiger partial charge in [0.15, 0.2) is 0 Å². The average Bonchev–Trinajstić information content (AvgIpc) is 2.35. The number of nitrogens with two attached hydrogens (primary N) is 1. The number of anilines is 2. The number of amides is 1. The summed E-state index contributed by atoms with van der Waals surface area (Å²) in [6.07, 6.45) is 0. The van der Waals surface area contributed by atoms with Gasteiger partial charge >= 0.3 is 0 Å². The molecule has 0 aliphatic rings. The molecule has 0 atom stereocenters. The molecule has 0 unspecified atom stereocenters. The molecule has 0 aliphatic carbocycles. The van der Waals surface area contributed by atoms with E-state index in [1.807, 2.05) is 0 Å². The highest BCUT2D eigenvalue weighted by Crippen LogP contribution is 2.33. The van der Waals surface area contributed by atoms with Gasteiger partial charge in [0, 0.05) is 5.69 Å². The number of nitrogen functional groups attached to an aromatic ring is 1. The third kappa shape index (κ3) is 3.13. The number of hydrogen-bond acceptors (Lipinski definition) is 2. The predicted molar refractivity (Wildman–Crippen MR) is 85.3 cm³/mol. The summed E-state index contributed by atoms with van der Waals surface area (Å²) in [5.41, 5.74) is 6.51. The maximum absolute atomic E-state index is 12.2. The summed E-state index contributed by atoms with van der Waals surface area (Å²) in [5, 5.41) is 3.68. The van der Waals surface area contributed by atoms with Gasteiger partial charge in [0.1, 0.15) is 0 Å². The molecule has 2 aromatic rings. The number of halogens is 4. The van der Waals surface area contributed by atoms with Gasteiger partial charge < -0.3 is 11.1 Å². The van der Waals surface area contributed by atoms with E-state index in [9.17, 15) is 4.79 Å². The molecular weight excluding hydrogens is 342 g/mol. The first-order valence-electron chi connectivity index (χ1n) is 5.40. The van der Waals surface area contributed by atoms with Crippen LogP contribution in [0.3, 0.4) is 0 Å². The van der Waals surface area contributed by atoms with Gasteiger partial charge in [0.2, 0.25) is 0 Å². The van der Waals surface area contributed by atoms with E-state index >= 15 is 0 Å². The minimum Gasteiger partial charge on any atom is -0.398 e. The van der Waals surface area contributed by atoms with Crippen molar-refractivity contribution in [1.82, 2.24) is 0 Å².